The Hall–Kier alpha value is -2.30. The summed E-state index contributed by atoms with van der Waals surface area (Å²) in [6, 6.07) is 7.56. The fourth-order valence-electron chi connectivity index (χ4n) is 2.28. The van der Waals surface area contributed by atoms with Gasteiger partial charge in [-0.3, -0.25) is 0 Å². The van der Waals surface area contributed by atoms with E-state index < -0.39 is 18.0 Å². The van der Waals surface area contributed by atoms with E-state index in [0.29, 0.717) is 18.6 Å². The maximum Gasteiger partial charge on any atom is 0.347 e. The van der Waals surface area contributed by atoms with Crippen molar-refractivity contribution in [3.8, 4) is 0 Å². The van der Waals surface area contributed by atoms with E-state index in [1.807, 2.05) is 35.9 Å². The number of ether oxygens (including phenoxy) is 2. The van der Waals surface area contributed by atoms with Gasteiger partial charge in [-0.1, -0.05) is 18.2 Å². The van der Waals surface area contributed by atoms with Gasteiger partial charge in [0, 0.05) is 30.6 Å². The molecule has 5 nitrogen and oxygen atoms in total. The Morgan fingerprint density at radius 2 is 2.21 bits per heavy atom. The van der Waals surface area contributed by atoms with E-state index in [0.717, 1.165) is 10.9 Å². The van der Waals surface area contributed by atoms with Gasteiger partial charge in [-0.15, -0.1) is 0 Å². The topological polar surface area (TPSA) is 57.5 Å². The number of esters is 2. The highest BCUT2D eigenvalue weighted by molar-refractivity contribution is 6.05. The molecule has 1 saturated heterocycles. The molecule has 0 amide bonds. The zero-order valence-corrected chi connectivity index (χ0v) is 10.5. The average Bonchev–Trinajstić information content (AvgIpc) is 2.95. The van der Waals surface area contributed by atoms with E-state index >= 15 is 0 Å². The largest absolute Gasteiger partial charge is 0.463 e. The Bertz CT molecular complexity index is 659. The minimum Gasteiger partial charge on any atom is -0.463 e. The summed E-state index contributed by atoms with van der Waals surface area (Å²) in [5.74, 6) is -0.950. The van der Waals surface area contributed by atoms with Gasteiger partial charge in [0.2, 0.25) is 6.10 Å². The summed E-state index contributed by atoms with van der Waals surface area (Å²) >= 11 is 0. The molecule has 19 heavy (non-hydrogen) atoms. The molecule has 0 N–H and O–H groups in total. The number of carbonyl (C=O) groups is 2. The van der Waals surface area contributed by atoms with Crippen molar-refractivity contribution < 1.29 is 19.1 Å². The summed E-state index contributed by atoms with van der Waals surface area (Å²) in [7, 11) is 1.86. The molecule has 0 bridgehead atoms. The summed E-state index contributed by atoms with van der Waals surface area (Å²) < 4.78 is 11.8. The van der Waals surface area contributed by atoms with Gasteiger partial charge in [0.05, 0.1) is 12.2 Å². The van der Waals surface area contributed by atoms with Crippen molar-refractivity contribution >= 4 is 22.8 Å². The van der Waals surface area contributed by atoms with E-state index in [4.69, 9.17) is 9.47 Å². The van der Waals surface area contributed by atoms with Gasteiger partial charge < -0.3 is 14.0 Å². The third-order valence-corrected chi connectivity index (χ3v) is 3.25. The maximum absolute atomic E-state index is 12.1. The predicted octanol–water partition coefficient (Wildman–Crippen LogP) is 1.65. The van der Waals surface area contributed by atoms with E-state index in [9.17, 15) is 9.59 Å². The highest BCUT2D eigenvalue weighted by Gasteiger charge is 2.31. The summed E-state index contributed by atoms with van der Waals surface area (Å²) in [4.78, 5) is 23.4. The second-order valence-electron chi connectivity index (χ2n) is 4.52. The molecule has 1 aromatic heterocycles. The molecule has 3 rings (SSSR count). The lowest BCUT2D eigenvalue weighted by atomic mass is 10.2. The molecule has 5 heteroatoms. The Kier molecular flexibility index (Phi) is 2.74. The molecule has 0 unspecified atom stereocenters. The van der Waals surface area contributed by atoms with Crippen LogP contribution in [-0.2, 0) is 21.3 Å². The predicted molar refractivity (Wildman–Crippen MR) is 67.7 cm³/mol. The third kappa shape index (κ3) is 1.97. The van der Waals surface area contributed by atoms with Crippen LogP contribution >= 0.6 is 0 Å². The first kappa shape index (κ1) is 11.8. The van der Waals surface area contributed by atoms with E-state index in [1.54, 1.807) is 6.20 Å². The summed E-state index contributed by atoms with van der Waals surface area (Å²) in [6.07, 6.45) is 1.37. The number of cyclic esters (lactones) is 1. The summed E-state index contributed by atoms with van der Waals surface area (Å²) in [6.45, 7) is 0.312. The first-order valence-corrected chi connectivity index (χ1v) is 6.08. The Balaban J connectivity index is 1.91. The van der Waals surface area contributed by atoms with Gasteiger partial charge in [0.25, 0.3) is 0 Å². The lowest BCUT2D eigenvalue weighted by Crippen LogP contribution is -2.22. The van der Waals surface area contributed by atoms with Crippen molar-refractivity contribution in [2.24, 2.45) is 7.05 Å². The molecule has 1 aliphatic rings. The first-order chi connectivity index (χ1) is 9.16. The van der Waals surface area contributed by atoms with E-state index in [1.165, 1.54) is 0 Å². The zero-order valence-electron chi connectivity index (χ0n) is 10.5. The molecule has 2 heterocycles. The number of benzene rings is 1. The summed E-state index contributed by atoms with van der Waals surface area (Å²) in [5.41, 5.74) is 1.42. The van der Waals surface area contributed by atoms with Crippen molar-refractivity contribution in [1.82, 2.24) is 4.57 Å². The Labute approximate surface area is 109 Å². The highest BCUT2D eigenvalue weighted by atomic mass is 16.6. The molecular weight excluding hydrogens is 246 g/mol. The molecular formula is C14H13NO4. The molecule has 1 atom stereocenters. The van der Waals surface area contributed by atoms with Crippen LogP contribution in [0.2, 0.25) is 0 Å². The Morgan fingerprint density at radius 1 is 1.42 bits per heavy atom. The number of hydrogen-bond acceptors (Lipinski definition) is 4. The lowest BCUT2D eigenvalue weighted by molar-refractivity contribution is -0.145. The van der Waals surface area contributed by atoms with Crippen LogP contribution in [0.3, 0.4) is 0 Å². The number of carbonyl (C=O) groups excluding carboxylic acids is 2. The van der Waals surface area contributed by atoms with E-state index in [2.05, 4.69) is 0 Å². The van der Waals surface area contributed by atoms with Gasteiger partial charge in [0.15, 0.2) is 0 Å². The van der Waals surface area contributed by atoms with Crippen LogP contribution in [0, 0.1) is 0 Å². The van der Waals surface area contributed by atoms with Crippen LogP contribution in [0.15, 0.2) is 30.5 Å². The number of rotatable bonds is 2. The van der Waals surface area contributed by atoms with Gasteiger partial charge >= 0.3 is 11.9 Å². The maximum atomic E-state index is 12.1. The SMILES string of the molecule is Cn1cc(C(=O)O[C@@H]2CCOC2=O)c2ccccc21. The molecule has 2 aromatic rings. The second kappa shape index (κ2) is 4.42. The van der Waals surface area contributed by atoms with Crippen molar-refractivity contribution in [3.63, 3.8) is 0 Å². The average molecular weight is 259 g/mol. The quantitative estimate of drug-likeness (QED) is 0.769. The van der Waals surface area contributed by atoms with Crippen LogP contribution < -0.4 is 0 Å². The molecule has 0 spiro atoms. The molecule has 1 aromatic carbocycles. The minimum atomic E-state index is -0.772. The van der Waals surface area contributed by atoms with Crippen LogP contribution in [0.4, 0.5) is 0 Å². The number of fused-ring (bicyclic) bond motifs is 1. The molecule has 98 valence electrons. The third-order valence-electron chi connectivity index (χ3n) is 3.25. The number of para-hydroxylation sites is 1. The minimum absolute atomic E-state index is 0.312. The molecule has 1 aliphatic heterocycles. The monoisotopic (exact) mass is 259 g/mol. The van der Waals surface area contributed by atoms with Crippen LogP contribution in [0.25, 0.3) is 10.9 Å². The number of aryl methyl sites for hydroxylation is 1. The van der Waals surface area contributed by atoms with Crippen LogP contribution in [0.5, 0.6) is 0 Å². The second-order valence-corrected chi connectivity index (χ2v) is 4.52. The van der Waals surface area contributed by atoms with Crippen LogP contribution in [-0.4, -0.2) is 29.2 Å². The van der Waals surface area contributed by atoms with Crippen molar-refractivity contribution in [1.29, 1.82) is 0 Å². The standard InChI is InChI=1S/C14H13NO4/c1-15-8-10(9-4-2-3-5-11(9)15)13(16)19-12-6-7-18-14(12)17/h2-5,8,12H,6-7H2,1H3/t12-/m1/s1. The van der Waals surface area contributed by atoms with Gasteiger partial charge in [0.1, 0.15) is 0 Å². The van der Waals surface area contributed by atoms with Crippen LogP contribution in [0.1, 0.15) is 16.8 Å². The number of nitrogens with zero attached hydrogens (tertiary/aromatic N) is 1. The molecule has 0 aliphatic carbocycles. The number of hydrogen-bond donors (Lipinski definition) is 0. The number of aromatic nitrogens is 1. The van der Waals surface area contributed by atoms with Gasteiger partial charge in [-0.2, -0.15) is 0 Å². The normalized spacial score (nSPS) is 18.6. The van der Waals surface area contributed by atoms with E-state index in [-0.39, 0.29) is 0 Å². The van der Waals surface area contributed by atoms with Crippen molar-refractivity contribution in [3.05, 3.63) is 36.0 Å². The fraction of sp³-hybridized carbons (Fsp3) is 0.286. The van der Waals surface area contributed by atoms with Crippen molar-refractivity contribution in [2.75, 3.05) is 6.61 Å². The smallest absolute Gasteiger partial charge is 0.347 e. The van der Waals surface area contributed by atoms with Gasteiger partial charge in [-0.25, -0.2) is 9.59 Å². The zero-order chi connectivity index (χ0) is 13.4. The molecule has 0 saturated carbocycles. The highest BCUT2D eigenvalue weighted by Crippen LogP contribution is 2.22. The molecule has 1 fully saturated rings. The van der Waals surface area contributed by atoms with Crippen molar-refractivity contribution in [2.45, 2.75) is 12.5 Å². The molecule has 0 radical (unpaired) electrons. The summed E-state index contributed by atoms with van der Waals surface area (Å²) in [5, 5.41) is 0.821. The Morgan fingerprint density at radius 3 is 2.95 bits per heavy atom. The van der Waals surface area contributed by atoms with Gasteiger partial charge in [-0.05, 0) is 6.07 Å². The first-order valence-electron chi connectivity index (χ1n) is 6.08. The fourth-order valence-corrected chi connectivity index (χ4v) is 2.28. The lowest BCUT2D eigenvalue weighted by Gasteiger charge is -2.07.